The van der Waals surface area contributed by atoms with Crippen LogP contribution in [0.1, 0.15) is 26.3 Å². The molecule has 1 N–H and O–H groups in total. The third-order valence-corrected chi connectivity index (χ3v) is 10.1. The summed E-state index contributed by atoms with van der Waals surface area (Å²) in [6.07, 6.45) is 9.94. The smallest absolute Gasteiger partial charge is 0.221 e. The van der Waals surface area contributed by atoms with Crippen molar-refractivity contribution < 1.29 is 4.74 Å². The standard InChI is InChI=1S/C46H36N6O/c1-46(2,3)30-26-27-47-43(28-30)50-37-18-8-6-16-34(37)35-25-24-31(29-41(35)50)53-44-23-13-12-22-42(49-44)52-40-21-11-10-20-39(40)51-38-19-9-5-15-33(38)32-14-4-7-17-36(32)48-45(51)52/h4-29,49H,1-3H3. The van der Waals surface area contributed by atoms with Crippen LogP contribution in [0.2, 0.25) is 0 Å². The number of aliphatic imine (C=N–C) groups is 1. The van der Waals surface area contributed by atoms with Crippen molar-refractivity contribution in [3.8, 4) is 22.7 Å². The molecular weight excluding hydrogens is 653 g/mol. The first kappa shape index (κ1) is 30.9. The Labute approximate surface area is 308 Å². The molecule has 3 aliphatic heterocycles. The number of para-hydroxylation sites is 5. The van der Waals surface area contributed by atoms with Gasteiger partial charge < -0.3 is 10.1 Å². The van der Waals surface area contributed by atoms with Gasteiger partial charge in [0, 0.05) is 34.2 Å². The first-order chi connectivity index (χ1) is 25.9. The Morgan fingerprint density at radius 3 is 2.17 bits per heavy atom. The van der Waals surface area contributed by atoms with Gasteiger partial charge in [-0.1, -0.05) is 99.7 Å². The number of hydrogen-bond donors (Lipinski definition) is 1. The van der Waals surface area contributed by atoms with E-state index in [4.69, 9.17) is 14.7 Å². The number of rotatable bonds is 4. The molecule has 2 aromatic heterocycles. The molecule has 10 rings (SSSR count). The Morgan fingerprint density at radius 2 is 1.32 bits per heavy atom. The predicted molar refractivity (Wildman–Crippen MR) is 216 cm³/mol. The molecule has 0 bridgehead atoms. The van der Waals surface area contributed by atoms with Crippen LogP contribution in [0.15, 0.2) is 175 Å². The number of nitrogens with zero attached hydrogens (tertiary/aromatic N) is 5. The van der Waals surface area contributed by atoms with E-state index in [1.807, 2.05) is 36.6 Å². The van der Waals surface area contributed by atoms with Gasteiger partial charge in [0.25, 0.3) is 0 Å². The Hall–Kier alpha value is -6.86. The van der Waals surface area contributed by atoms with Crippen LogP contribution in [0.4, 0.5) is 22.7 Å². The Morgan fingerprint density at radius 1 is 0.623 bits per heavy atom. The largest absolute Gasteiger partial charge is 0.441 e. The summed E-state index contributed by atoms with van der Waals surface area (Å²) in [6, 6.07) is 44.4. The van der Waals surface area contributed by atoms with Crippen molar-refractivity contribution in [1.82, 2.24) is 14.9 Å². The molecule has 0 amide bonds. The normalized spacial score (nSPS) is 14.7. The van der Waals surface area contributed by atoms with Crippen LogP contribution in [-0.4, -0.2) is 15.5 Å². The summed E-state index contributed by atoms with van der Waals surface area (Å²) >= 11 is 0. The van der Waals surface area contributed by atoms with Crippen molar-refractivity contribution in [3.05, 3.63) is 175 Å². The third-order valence-electron chi connectivity index (χ3n) is 10.1. The summed E-state index contributed by atoms with van der Waals surface area (Å²) in [4.78, 5) is 14.6. The maximum absolute atomic E-state index is 6.70. The molecule has 0 spiro atoms. The second-order valence-corrected chi connectivity index (χ2v) is 14.5. The maximum Gasteiger partial charge on any atom is 0.221 e. The summed E-state index contributed by atoms with van der Waals surface area (Å²) < 4.78 is 8.94. The van der Waals surface area contributed by atoms with Crippen molar-refractivity contribution in [1.29, 1.82) is 0 Å². The van der Waals surface area contributed by atoms with Crippen molar-refractivity contribution in [2.75, 3.05) is 9.80 Å². The van der Waals surface area contributed by atoms with Gasteiger partial charge >= 0.3 is 0 Å². The van der Waals surface area contributed by atoms with E-state index in [0.717, 1.165) is 67.9 Å². The zero-order chi connectivity index (χ0) is 35.7. The number of nitrogens with one attached hydrogen (secondary N) is 1. The van der Waals surface area contributed by atoms with Gasteiger partial charge in [-0.05, 0) is 77.7 Å². The fourth-order valence-corrected chi connectivity index (χ4v) is 7.62. The molecule has 3 aliphatic rings. The highest BCUT2D eigenvalue weighted by molar-refractivity contribution is 6.24. The van der Waals surface area contributed by atoms with Crippen LogP contribution in [0.3, 0.4) is 0 Å². The quantitative estimate of drug-likeness (QED) is 0.199. The molecule has 7 heteroatoms. The van der Waals surface area contributed by atoms with E-state index in [1.165, 1.54) is 10.9 Å². The zero-order valence-corrected chi connectivity index (χ0v) is 29.7. The maximum atomic E-state index is 6.70. The number of guanidine groups is 1. The lowest BCUT2D eigenvalue weighted by Gasteiger charge is -2.26. The Bertz CT molecular complexity index is 2740. The second-order valence-electron chi connectivity index (χ2n) is 14.5. The van der Waals surface area contributed by atoms with Crippen LogP contribution in [-0.2, 0) is 5.41 Å². The van der Waals surface area contributed by atoms with Crippen molar-refractivity contribution in [2.24, 2.45) is 4.99 Å². The number of fused-ring (bicyclic) bond motifs is 10. The van der Waals surface area contributed by atoms with Crippen molar-refractivity contribution >= 4 is 50.5 Å². The first-order valence-electron chi connectivity index (χ1n) is 17.9. The molecule has 0 saturated carbocycles. The number of hydrogen-bond acceptors (Lipinski definition) is 6. The van der Waals surface area contributed by atoms with Crippen LogP contribution < -0.4 is 19.9 Å². The van der Waals surface area contributed by atoms with Gasteiger partial charge in [0.05, 0.1) is 33.8 Å². The third kappa shape index (κ3) is 5.04. The van der Waals surface area contributed by atoms with Crippen LogP contribution in [0, 0.1) is 0 Å². The molecule has 5 heterocycles. The fraction of sp³-hybridized carbons (Fsp3) is 0.0870. The first-order valence-corrected chi connectivity index (χ1v) is 17.9. The zero-order valence-electron chi connectivity index (χ0n) is 29.7. The van der Waals surface area contributed by atoms with E-state index in [9.17, 15) is 0 Å². The average Bonchev–Trinajstić information content (AvgIpc) is 3.49. The fourth-order valence-electron chi connectivity index (χ4n) is 7.62. The Kier molecular flexibility index (Phi) is 6.92. The van der Waals surface area contributed by atoms with Gasteiger partial charge in [-0.25, -0.2) is 9.98 Å². The van der Waals surface area contributed by atoms with Crippen LogP contribution in [0.25, 0.3) is 38.8 Å². The minimum Gasteiger partial charge on any atom is -0.441 e. The topological polar surface area (TPSA) is 57.9 Å². The highest BCUT2D eigenvalue weighted by atomic mass is 16.5. The lowest BCUT2D eigenvalue weighted by Crippen LogP contribution is -2.39. The number of ether oxygens (including phenoxy) is 1. The van der Waals surface area contributed by atoms with Gasteiger partial charge in [0.15, 0.2) is 5.88 Å². The number of allylic oxidation sites excluding steroid dienone is 4. The van der Waals surface area contributed by atoms with Gasteiger partial charge in [0.2, 0.25) is 5.96 Å². The molecule has 7 nitrogen and oxygen atoms in total. The summed E-state index contributed by atoms with van der Waals surface area (Å²) in [6.45, 7) is 6.69. The van der Waals surface area contributed by atoms with Gasteiger partial charge in [-0.15, -0.1) is 0 Å². The summed E-state index contributed by atoms with van der Waals surface area (Å²) in [7, 11) is 0. The molecule has 256 valence electrons. The summed E-state index contributed by atoms with van der Waals surface area (Å²) in [5.74, 6) is 3.78. The highest BCUT2D eigenvalue weighted by Crippen LogP contribution is 2.50. The van der Waals surface area contributed by atoms with Crippen LogP contribution in [0.5, 0.6) is 5.75 Å². The van der Waals surface area contributed by atoms with E-state index >= 15 is 0 Å². The van der Waals surface area contributed by atoms with Gasteiger partial charge in [0.1, 0.15) is 17.4 Å². The van der Waals surface area contributed by atoms with Crippen LogP contribution >= 0.6 is 0 Å². The molecule has 0 aliphatic carbocycles. The lowest BCUT2D eigenvalue weighted by molar-refractivity contribution is 0.394. The molecular formula is C46H36N6O. The Balaban J connectivity index is 1.04. The van der Waals surface area contributed by atoms with E-state index in [1.54, 1.807) is 0 Å². The second kappa shape index (κ2) is 11.9. The van der Waals surface area contributed by atoms with Gasteiger partial charge in [-0.2, -0.15) is 0 Å². The van der Waals surface area contributed by atoms with Crippen molar-refractivity contribution in [2.45, 2.75) is 26.2 Å². The summed E-state index contributed by atoms with van der Waals surface area (Å²) in [5.41, 5.74) is 9.64. The molecule has 53 heavy (non-hydrogen) atoms. The average molecular weight is 689 g/mol. The minimum atomic E-state index is -0.0108. The molecule has 7 aromatic rings. The molecule has 0 unspecified atom stereocenters. The summed E-state index contributed by atoms with van der Waals surface area (Å²) in [5, 5.41) is 5.94. The molecule has 0 radical (unpaired) electrons. The van der Waals surface area contributed by atoms with E-state index in [2.05, 4.69) is 162 Å². The lowest BCUT2D eigenvalue weighted by atomic mass is 9.88. The molecule has 5 aromatic carbocycles. The van der Waals surface area contributed by atoms with E-state index < -0.39 is 0 Å². The number of benzene rings is 5. The number of anilines is 3. The van der Waals surface area contributed by atoms with E-state index in [-0.39, 0.29) is 5.41 Å². The number of aromatic nitrogens is 2. The van der Waals surface area contributed by atoms with E-state index in [0.29, 0.717) is 11.6 Å². The van der Waals surface area contributed by atoms with Gasteiger partial charge in [-0.3, -0.25) is 14.4 Å². The van der Waals surface area contributed by atoms with Crippen molar-refractivity contribution in [3.63, 3.8) is 0 Å². The number of pyridine rings is 1. The monoisotopic (exact) mass is 688 g/mol. The highest BCUT2D eigenvalue weighted by Gasteiger charge is 2.39. The SMILES string of the molecule is CC(C)(C)c1ccnc(-n2c3ccccc3c3ccc(OC4=CC=CC=C(N5C6=Nc7ccccc7-c7ccccc7N6c6ccccc65)N4)cc32)c1. The molecule has 0 saturated heterocycles. The predicted octanol–water partition coefficient (Wildman–Crippen LogP) is 11.0. The molecule has 0 fully saturated rings. The minimum absolute atomic E-state index is 0.0108. The molecule has 0 atom stereocenters.